The molecule has 0 bridgehead atoms. The zero-order chi connectivity index (χ0) is 18.3. The van der Waals surface area contributed by atoms with Crippen LogP contribution >= 0.6 is 11.6 Å². The summed E-state index contributed by atoms with van der Waals surface area (Å²) in [7, 11) is 0. The van der Waals surface area contributed by atoms with Gasteiger partial charge in [-0.25, -0.2) is 4.98 Å². The van der Waals surface area contributed by atoms with Crippen LogP contribution in [0.5, 0.6) is 0 Å². The number of hydrogen-bond donors (Lipinski definition) is 0. The van der Waals surface area contributed by atoms with Crippen molar-refractivity contribution in [3.63, 3.8) is 0 Å². The first kappa shape index (κ1) is 16.4. The molecular formula is C21H13ClNO3-. The third-order valence-electron chi connectivity index (χ3n) is 4.15. The number of furan rings is 1. The van der Waals surface area contributed by atoms with Crippen LogP contribution in [0.2, 0.25) is 5.02 Å². The Morgan fingerprint density at radius 2 is 1.85 bits per heavy atom. The standard InChI is InChI=1S/C21H14ClNO3/c1-12-5-6-17-15(9-12)16(21(24)25)11-18(23-17)20-8-7-19(26-20)13-3-2-4-14(22)10-13/h2-11H,1H3,(H,24,25)/p-1. The van der Waals surface area contributed by atoms with E-state index in [-0.39, 0.29) is 5.56 Å². The SMILES string of the molecule is Cc1ccc2nc(-c3ccc(-c4cccc(Cl)c4)o3)cc(C(=O)[O-])c2c1. The van der Waals surface area contributed by atoms with E-state index in [9.17, 15) is 9.90 Å². The molecule has 128 valence electrons. The Labute approximate surface area is 154 Å². The lowest BCUT2D eigenvalue weighted by molar-refractivity contribution is -0.254. The lowest BCUT2D eigenvalue weighted by Crippen LogP contribution is -2.22. The summed E-state index contributed by atoms with van der Waals surface area (Å²) >= 11 is 6.03. The molecule has 0 aliphatic carbocycles. The molecule has 4 aromatic rings. The molecule has 0 amide bonds. The number of aryl methyl sites for hydroxylation is 1. The molecule has 0 saturated heterocycles. The fourth-order valence-electron chi connectivity index (χ4n) is 2.91. The number of aromatic nitrogens is 1. The molecule has 0 saturated carbocycles. The number of aromatic carboxylic acids is 1. The lowest BCUT2D eigenvalue weighted by atomic mass is 10.0. The number of pyridine rings is 1. The third kappa shape index (κ3) is 2.95. The van der Waals surface area contributed by atoms with E-state index in [0.717, 1.165) is 11.1 Å². The number of carboxylic acids is 1. The second-order valence-electron chi connectivity index (χ2n) is 6.04. The first-order valence-corrected chi connectivity index (χ1v) is 8.38. The summed E-state index contributed by atoms with van der Waals surface area (Å²) in [4.78, 5) is 16.1. The summed E-state index contributed by atoms with van der Waals surface area (Å²) in [5.74, 6) is -0.140. The predicted molar refractivity (Wildman–Crippen MR) is 99.0 cm³/mol. The molecular weight excluding hydrogens is 350 g/mol. The van der Waals surface area contributed by atoms with Gasteiger partial charge >= 0.3 is 0 Å². The minimum absolute atomic E-state index is 0.0920. The first-order chi connectivity index (χ1) is 12.5. The number of benzene rings is 2. The molecule has 2 aromatic heterocycles. The summed E-state index contributed by atoms with van der Waals surface area (Å²) in [5, 5.41) is 12.8. The van der Waals surface area contributed by atoms with Crippen molar-refractivity contribution in [1.29, 1.82) is 0 Å². The van der Waals surface area contributed by atoms with E-state index in [1.54, 1.807) is 36.4 Å². The van der Waals surface area contributed by atoms with Gasteiger partial charge in [0.2, 0.25) is 0 Å². The van der Waals surface area contributed by atoms with Crippen LogP contribution in [0.3, 0.4) is 0 Å². The van der Waals surface area contributed by atoms with Gasteiger partial charge in [0.15, 0.2) is 5.76 Å². The Morgan fingerprint density at radius 3 is 2.62 bits per heavy atom. The van der Waals surface area contributed by atoms with Crippen molar-refractivity contribution in [2.24, 2.45) is 0 Å². The molecule has 0 fully saturated rings. The van der Waals surface area contributed by atoms with Gasteiger partial charge in [-0.05, 0) is 49.4 Å². The van der Waals surface area contributed by atoms with Gasteiger partial charge in [-0.3, -0.25) is 0 Å². The monoisotopic (exact) mass is 362 g/mol. The molecule has 0 unspecified atom stereocenters. The van der Waals surface area contributed by atoms with Crippen LogP contribution in [0.4, 0.5) is 0 Å². The number of halogens is 1. The molecule has 4 nitrogen and oxygen atoms in total. The van der Waals surface area contributed by atoms with E-state index in [4.69, 9.17) is 16.0 Å². The number of carbonyl (C=O) groups is 1. The number of nitrogens with zero attached hydrogens (tertiary/aromatic N) is 1. The molecule has 26 heavy (non-hydrogen) atoms. The second-order valence-corrected chi connectivity index (χ2v) is 6.47. The smallest absolute Gasteiger partial charge is 0.153 e. The normalized spacial score (nSPS) is 11.0. The maximum Gasteiger partial charge on any atom is 0.153 e. The van der Waals surface area contributed by atoms with Gasteiger partial charge < -0.3 is 14.3 Å². The molecule has 0 radical (unpaired) electrons. The van der Waals surface area contributed by atoms with Gasteiger partial charge in [0.1, 0.15) is 11.5 Å². The molecule has 2 heterocycles. The van der Waals surface area contributed by atoms with Gasteiger partial charge in [0.05, 0.1) is 11.5 Å². The van der Waals surface area contributed by atoms with Crippen molar-refractivity contribution >= 4 is 28.5 Å². The van der Waals surface area contributed by atoms with Crippen LogP contribution in [-0.4, -0.2) is 11.0 Å². The second kappa shape index (κ2) is 6.32. The van der Waals surface area contributed by atoms with E-state index in [0.29, 0.717) is 33.1 Å². The molecule has 0 aliphatic heterocycles. The summed E-state index contributed by atoms with van der Waals surface area (Å²) < 4.78 is 5.88. The molecule has 0 N–H and O–H groups in total. The molecule has 2 aromatic carbocycles. The van der Waals surface area contributed by atoms with Crippen molar-refractivity contribution in [2.75, 3.05) is 0 Å². The molecule has 0 atom stereocenters. The average Bonchev–Trinajstić information content (AvgIpc) is 3.11. The Balaban J connectivity index is 1.85. The van der Waals surface area contributed by atoms with Gasteiger partial charge in [-0.2, -0.15) is 0 Å². The Morgan fingerprint density at radius 1 is 1.04 bits per heavy atom. The fourth-order valence-corrected chi connectivity index (χ4v) is 3.10. The number of carbonyl (C=O) groups excluding carboxylic acids is 1. The fraction of sp³-hybridized carbons (Fsp3) is 0.0476. The lowest BCUT2D eigenvalue weighted by Gasteiger charge is -2.10. The van der Waals surface area contributed by atoms with E-state index in [1.165, 1.54) is 6.07 Å². The topological polar surface area (TPSA) is 66.2 Å². The van der Waals surface area contributed by atoms with Crippen molar-refractivity contribution < 1.29 is 14.3 Å². The van der Waals surface area contributed by atoms with Gasteiger partial charge in [0, 0.05) is 21.5 Å². The van der Waals surface area contributed by atoms with Crippen LogP contribution in [0.15, 0.2) is 65.1 Å². The Bertz CT molecular complexity index is 1150. The maximum atomic E-state index is 11.6. The first-order valence-electron chi connectivity index (χ1n) is 8.00. The number of fused-ring (bicyclic) bond motifs is 1. The number of rotatable bonds is 3. The quantitative estimate of drug-likeness (QED) is 0.538. The summed E-state index contributed by atoms with van der Waals surface area (Å²) in [6.07, 6.45) is 0. The van der Waals surface area contributed by atoms with Crippen molar-refractivity contribution in [3.8, 4) is 22.8 Å². The Kier molecular flexibility index (Phi) is 3.98. The Hall–Kier alpha value is -3.11. The van der Waals surface area contributed by atoms with Gasteiger partial charge in [-0.1, -0.05) is 35.4 Å². The van der Waals surface area contributed by atoms with Crippen LogP contribution < -0.4 is 5.11 Å². The van der Waals surface area contributed by atoms with Gasteiger partial charge in [-0.15, -0.1) is 0 Å². The highest BCUT2D eigenvalue weighted by molar-refractivity contribution is 6.30. The highest BCUT2D eigenvalue weighted by Crippen LogP contribution is 2.31. The van der Waals surface area contributed by atoms with Crippen molar-refractivity contribution in [1.82, 2.24) is 4.98 Å². The average molecular weight is 363 g/mol. The minimum atomic E-state index is -1.24. The summed E-state index contributed by atoms with van der Waals surface area (Å²) in [5.41, 5.74) is 2.90. The van der Waals surface area contributed by atoms with Crippen LogP contribution in [0, 0.1) is 6.92 Å². The van der Waals surface area contributed by atoms with Crippen molar-refractivity contribution in [3.05, 3.63) is 76.8 Å². The molecule has 0 spiro atoms. The summed E-state index contributed by atoms with van der Waals surface area (Å²) in [6, 6.07) is 17.8. The van der Waals surface area contributed by atoms with E-state index in [1.807, 2.05) is 25.1 Å². The zero-order valence-corrected chi connectivity index (χ0v) is 14.6. The van der Waals surface area contributed by atoms with Gasteiger partial charge in [0.25, 0.3) is 0 Å². The van der Waals surface area contributed by atoms with E-state index >= 15 is 0 Å². The van der Waals surface area contributed by atoms with E-state index < -0.39 is 5.97 Å². The maximum absolute atomic E-state index is 11.6. The van der Waals surface area contributed by atoms with Crippen LogP contribution in [-0.2, 0) is 0 Å². The predicted octanol–water partition coefficient (Wildman–Crippen LogP) is 4.49. The van der Waals surface area contributed by atoms with E-state index in [2.05, 4.69) is 4.98 Å². The highest BCUT2D eigenvalue weighted by atomic mass is 35.5. The third-order valence-corrected chi connectivity index (χ3v) is 4.39. The summed E-state index contributed by atoms with van der Waals surface area (Å²) in [6.45, 7) is 1.90. The molecule has 0 aliphatic rings. The minimum Gasteiger partial charge on any atom is -0.545 e. The van der Waals surface area contributed by atoms with Crippen LogP contribution in [0.1, 0.15) is 15.9 Å². The number of hydrogen-bond acceptors (Lipinski definition) is 4. The highest BCUT2D eigenvalue weighted by Gasteiger charge is 2.13. The largest absolute Gasteiger partial charge is 0.545 e. The molecule has 5 heteroatoms. The zero-order valence-electron chi connectivity index (χ0n) is 13.8. The van der Waals surface area contributed by atoms with Crippen LogP contribution in [0.25, 0.3) is 33.7 Å². The molecule has 4 rings (SSSR count). The number of carboxylic acid groups (broad SMARTS) is 1. The van der Waals surface area contributed by atoms with Crippen molar-refractivity contribution in [2.45, 2.75) is 6.92 Å².